The van der Waals surface area contributed by atoms with E-state index < -0.39 is 11.6 Å². The van der Waals surface area contributed by atoms with Crippen LogP contribution < -0.4 is 5.32 Å². The Morgan fingerprint density at radius 2 is 2.00 bits per heavy atom. The minimum atomic E-state index is -0.493. The molecular weight excluding hydrogens is 208 g/mol. The smallest absolute Gasteiger partial charge is 0.129 e. The third-order valence-electron chi connectivity index (χ3n) is 3.66. The van der Waals surface area contributed by atoms with Gasteiger partial charge in [-0.3, -0.25) is 0 Å². The molecule has 2 saturated carbocycles. The van der Waals surface area contributed by atoms with Gasteiger partial charge in [0, 0.05) is 24.1 Å². The monoisotopic (exact) mass is 223 g/mol. The molecule has 1 N–H and O–H groups in total. The molecule has 0 aromatic heterocycles. The van der Waals surface area contributed by atoms with Crippen molar-refractivity contribution in [2.75, 3.05) is 6.54 Å². The summed E-state index contributed by atoms with van der Waals surface area (Å²) < 4.78 is 26.5. The van der Waals surface area contributed by atoms with E-state index >= 15 is 0 Å². The van der Waals surface area contributed by atoms with Crippen LogP contribution in [-0.4, -0.2) is 12.6 Å². The van der Waals surface area contributed by atoms with Crippen LogP contribution in [0.15, 0.2) is 18.2 Å². The molecule has 0 spiro atoms. The summed E-state index contributed by atoms with van der Waals surface area (Å²) in [6.07, 6.45) is 4.49. The molecule has 2 fully saturated rings. The fourth-order valence-corrected chi connectivity index (χ4v) is 2.24. The fraction of sp³-hybridized carbons (Fsp3) is 0.538. The number of halogens is 2. The first-order valence-corrected chi connectivity index (χ1v) is 5.89. The van der Waals surface area contributed by atoms with Crippen molar-refractivity contribution in [3.05, 3.63) is 35.4 Å². The molecule has 1 aromatic carbocycles. The zero-order valence-electron chi connectivity index (χ0n) is 9.10. The van der Waals surface area contributed by atoms with Crippen LogP contribution in [-0.2, 0) is 5.41 Å². The van der Waals surface area contributed by atoms with Gasteiger partial charge in [-0.1, -0.05) is 6.07 Å². The maximum absolute atomic E-state index is 13.7. The lowest BCUT2D eigenvalue weighted by atomic mass is 9.95. The highest BCUT2D eigenvalue weighted by Crippen LogP contribution is 2.49. The second-order valence-electron chi connectivity index (χ2n) is 5.06. The second kappa shape index (κ2) is 3.52. The Labute approximate surface area is 93.9 Å². The van der Waals surface area contributed by atoms with Gasteiger partial charge in [-0.15, -0.1) is 0 Å². The standard InChI is InChI=1S/C13H15F2N/c14-9-1-4-11(12(15)7-9)13(5-6-13)8-16-10-2-3-10/h1,4,7,10,16H,2-3,5-6,8H2. The first-order chi connectivity index (χ1) is 7.70. The molecule has 2 aliphatic rings. The topological polar surface area (TPSA) is 12.0 Å². The maximum Gasteiger partial charge on any atom is 0.129 e. The quantitative estimate of drug-likeness (QED) is 0.827. The Hall–Kier alpha value is -0.960. The minimum absolute atomic E-state index is 0.0552. The summed E-state index contributed by atoms with van der Waals surface area (Å²) in [7, 11) is 0. The van der Waals surface area contributed by atoms with Crippen LogP contribution >= 0.6 is 0 Å². The van der Waals surface area contributed by atoms with Crippen molar-refractivity contribution in [3.63, 3.8) is 0 Å². The molecule has 3 rings (SSSR count). The summed E-state index contributed by atoms with van der Waals surface area (Å²) in [6, 6.07) is 4.59. The van der Waals surface area contributed by atoms with Gasteiger partial charge in [0.05, 0.1) is 0 Å². The van der Waals surface area contributed by atoms with Gasteiger partial charge in [0.2, 0.25) is 0 Å². The SMILES string of the molecule is Fc1ccc(C2(CNC3CC3)CC2)c(F)c1. The molecule has 0 bridgehead atoms. The van der Waals surface area contributed by atoms with E-state index in [9.17, 15) is 8.78 Å². The average Bonchev–Trinajstić information content (AvgIpc) is 3.12. The lowest BCUT2D eigenvalue weighted by Gasteiger charge is -2.17. The van der Waals surface area contributed by atoms with Gasteiger partial charge in [-0.05, 0) is 37.3 Å². The molecule has 86 valence electrons. The first-order valence-electron chi connectivity index (χ1n) is 5.89. The van der Waals surface area contributed by atoms with Gasteiger partial charge in [-0.2, -0.15) is 0 Å². The second-order valence-corrected chi connectivity index (χ2v) is 5.06. The summed E-state index contributed by atoms with van der Waals surface area (Å²) in [5, 5.41) is 3.44. The highest BCUT2D eigenvalue weighted by Gasteiger charge is 2.46. The van der Waals surface area contributed by atoms with E-state index in [1.54, 1.807) is 6.07 Å². The zero-order valence-corrected chi connectivity index (χ0v) is 9.10. The van der Waals surface area contributed by atoms with Crippen LogP contribution in [0.3, 0.4) is 0 Å². The van der Waals surface area contributed by atoms with E-state index in [4.69, 9.17) is 0 Å². The van der Waals surface area contributed by atoms with E-state index in [-0.39, 0.29) is 5.41 Å². The van der Waals surface area contributed by atoms with Crippen molar-refractivity contribution in [2.24, 2.45) is 0 Å². The summed E-state index contributed by atoms with van der Waals surface area (Å²) in [6.45, 7) is 0.834. The molecule has 3 heteroatoms. The van der Waals surface area contributed by atoms with E-state index in [2.05, 4.69) is 5.32 Å². The largest absolute Gasteiger partial charge is 0.313 e. The lowest BCUT2D eigenvalue weighted by Crippen LogP contribution is -2.29. The van der Waals surface area contributed by atoms with Crippen LogP contribution in [0.2, 0.25) is 0 Å². The molecule has 0 amide bonds. The third kappa shape index (κ3) is 1.84. The van der Waals surface area contributed by atoms with Crippen molar-refractivity contribution in [3.8, 4) is 0 Å². The predicted octanol–water partition coefficient (Wildman–Crippen LogP) is 2.75. The van der Waals surface area contributed by atoms with E-state index in [0.29, 0.717) is 11.6 Å². The van der Waals surface area contributed by atoms with Gasteiger partial charge in [0.15, 0.2) is 0 Å². The van der Waals surface area contributed by atoms with Crippen molar-refractivity contribution >= 4 is 0 Å². The Kier molecular flexibility index (Phi) is 2.25. The summed E-state index contributed by atoms with van der Waals surface area (Å²) in [5.41, 5.74) is 0.627. The maximum atomic E-state index is 13.7. The Balaban J connectivity index is 1.78. The predicted molar refractivity (Wildman–Crippen MR) is 58.3 cm³/mol. The normalized spacial score (nSPS) is 22.1. The summed E-state index contributed by atoms with van der Waals surface area (Å²) >= 11 is 0. The molecule has 0 atom stereocenters. The molecule has 1 nitrogen and oxygen atoms in total. The van der Waals surface area contributed by atoms with Gasteiger partial charge in [0.25, 0.3) is 0 Å². The molecule has 16 heavy (non-hydrogen) atoms. The average molecular weight is 223 g/mol. The van der Waals surface area contributed by atoms with Gasteiger partial charge in [0.1, 0.15) is 11.6 Å². The Bertz CT molecular complexity index is 408. The zero-order chi connectivity index (χ0) is 11.2. The van der Waals surface area contributed by atoms with Gasteiger partial charge in [-0.25, -0.2) is 8.78 Å². The first kappa shape index (κ1) is 10.2. The molecule has 0 radical (unpaired) electrons. The summed E-state index contributed by atoms with van der Waals surface area (Å²) in [5.74, 6) is -0.887. The van der Waals surface area contributed by atoms with Crippen molar-refractivity contribution in [1.82, 2.24) is 5.32 Å². The fourth-order valence-electron chi connectivity index (χ4n) is 2.24. The molecule has 0 heterocycles. The molecule has 0 unspecified atom stereocenters. The number of benzene rings is 1. The third-order valence-corrected chi connectivity index (χ3v) is 3.66. The van der Waals surface area contributed by atoms with E-state index in [1.165, 1.54) is 18.9 Å². The molecular formula is C13H15F2N. The van der Waals surface area contributed by atoms with E-state index in [0.717, 1.165) is 25.5 Å². The van der Waals surface area contributed by atoms with Crippen LogP contribution in [0.4, 0.5) is 8.78 Å². The number of hydrogen-bond acceptors (Lipinski definition) is 1. The van der Waals surface area contributed by atoms with Gasteiger partial charge < -0.3 is 5.32 Å². The van der Waals surface area contributed by atoms with Crippen LogP contribution in [0, 0.1) is 11.6 Å². The van der Waals surface area contributed by atoms with Crippen molar-refractivity contribution < 1.29 is 8.78 Å². The highest BCUT2D eigenvalue weighted by molar-refractivity contribution is 5.33. The highest BCUT2D eigenvalue weighted by atomic mass is 19.1. The van der Waals surface area contributed by atoms with Crippen LogP contribution in [0.1, 0.15) is 31.2 Å². The Morgan fingerprint density at radius 3 is 2.56 bits per heavy atom. The van der Waals surface area contributed by atoms with Crippen LogP contribution in [0.25, 0.3) is 0 Å². The summed E-state index contributed by atoms with van der Waals surface area (Å²) in [4.78, 5) is 0. The Morgan fingerprint density at radius 1 is 1.25 bits per heavy atom. The number of nitrogens with one attached hydrogen (secondary N) is 1. The number of rotatable bonds is 4. The molecule has 1 aromatic rings. The number of hydrogen-bond donors (Lipinski definition) is 1. The minimum Gasteiger partial charge on any atom is -0.313 e. The lowest BCUT2D eigenvalue weighted by molar-refractivity contribution is 0.519. The van der Waals surface area contributed by atoms with Crippen molar-refractivity contribution in [2.45, 2.75) is 37.1 Å². The molecule has 0 saturated heterocycles. The molecule has 2 aliphatic carbocycles. The van der Waals surface area contributed by atoms with Gasteiger partial charge >= 0.3 is 0 Å². The van der Waals surface area contributed by atoms with E-state index in [1.807, 2.05) is 0 Å². The van der Waals surface area contributed by atoms with Crippen molar-refractivity contribution in [1.29, 1.82) is 0 Å². The van der Waals surface area contributed by atoms with Crippen LogP contribution in [0.5, 0.6) is 0 Å². The molecule has 0 aliphatic heterocycles.